The fraction of sp³-hybridized carbons (Fsp3) is 0.562. The van der Waals surface area contributed by atoms with Crippen LogP contribution in [0.1, 0.15) is 32.3 Å². The second kappa shape index (κ2) is 7.10. The average molecular weight is 336 g/mol. The quantitative estimate of drug-likeness (QED) is 0.914. The van der Waals surface area contributed by atoms with E-state index in [4.69, 9.17) is 0 Å². The predicted molar refractivity (Wildman–Crippen MR) is 86.9 cm³/mol. The van der Waals surface area contributed by atoms with Crippen LogP contribution in [0.3, 0.4) is 0 Å². The van der Waals surface area contributed by atoms with Gasteiger partial charge < -0.3 is 10.2 Å². The minimum absolute atomic E-state index is 0.394. The van der Waals surface area contributed by atoms with Gasteiger partial charge in [0.25, 0.3) is 0 Å². The first-order valence-corrected chi connectivity index (χ1v) is 8.08. The van der Waals surface area contributed by atoms with Crippen LogP contribution in [0.2, 0.25) is 0 Å². The maximum absolute atomic E-state index is 9.37. The number of nitrogens with one attached hydrogen (secondary N) is 1. The number of nitrogens with zero attached hydrogens (tertiary/aromatic N) is 2. The Labute approximate surface area is 130 Å². The van der Waals surface area contributed by atoms with E-state index >= 15 is 0 Å². The molecule has 108 valence electrons. The van der Waals surface area contributed by atoms with Crippen molar-refractivity contribution in [1.29, 1.82) is 5.26 Å². The highest BCUT2D eigenvalue weighted by Gasteiger charge is 2.21. The maximum atomic E-state index is 9.37. The topological polar surface area (TPSA) is 39.1 Å². The number of anilines is 1. The molecule has 0 amide bonds. The molecule has 0 radical (unpaired) electrons. The Bertz CT molecular complexity index is 487. The number of piperidine rings is 1. The summed E-state index contributed by atoms with van der Waals surface area (Å²) in [7, 11) is 0. The van der Waals surface area contributed by atoms with Crippen LogP contribution in [0, 0.1) is 17.2 Å². The Kier molecular flexibility index (Phi) is 5.45. The number of rotatable bonds is 4. The standard InChI is InChI=1S/C16H22BrN3/c1-12(2)20(11-13-4-3-7-19-10-13)16-6-5-15(17)8-14(16)9-18/h5-6,8,12-13,19H,3-4,7,10-11H2,1-2H3. The van der Waals surface area contributed by atoms with Crippen LogP contribution < -0.4 is 10.2 Å². The van der Waals surface area contributed by atoms with Gasteiger partial charge >= 0.3 is 0 Å². The number of hydrogen-bond donors (Lipinski definition) is 1. The number of benzene rings is 1. The van der Waals surface area contributed by atoms with Crippen molar-refractivity contribution < 1.29 is 0 Å². The summed E-state index contributed by atoms with van der Waals surface area (Å²) in [6.45, 7) is 7.63. The number of halogens is 1. The molecule has 3 nitrogen and oxygen atoms in total. The molecule has 0 aromatic heterocycles. The number of hydrogen-bond acceptors (Lipinski definition) is 3. The lowest BCUT2D eigenvalue weighted by Gasteiger charge is -2.35. The number of nitriles is 1. The Hall–Kier alpha value is -1.05. The highest BCUT2D eigenvalue weighted by atomic mass is 79.9. The van der Waals surface area contributed by atoms with E-state index in [9.17, 15) is 5.26 Å². The second-order valence-corrected chi connectivity index (χ2v) is 6.65. The van der Waals surface area contributed by atoms with Crippen LogP contribution in [-0.4, -0.2) is 25.7 Å². The lowest BCUT2D eigenvalue weighted by atomic mass is 9.97. The van der Waals surface area contributed by atoms with Gasteiger partial charge in [-0.1, -0.05) is 15.9 Å². The van der Waals surface area contributed by atoms with E-state index in [1.807, 2.05) is 12.1 Å². The molecule has 1 aromatic rings. The van der Waals surface area contributed by atoms with Gasteiger partial charge in [-0.15, -0.1) is 0 Å². The average Bonchev–Trinajstić information content (AvgIpc) is 2.46. The molecule has 20 heavy (non-hydrogen) atoms. The third-order valence-electron chi connectivity index (χ3n) is 3.87. The molecule has 1 aliphatic heterocycles. The lowest BCUT2D eigenvalue weighted by Crippen LogP contribution is -2.41. The molecular formula is C16H22BrN3. The molecule has 2 rings (SSSR count). The Morgan fingerprint density at radius 2 is 2.30 bits per heavy atom. The molecular weight excluding hydrogens is 314 g/mol. The van der Waals surface area contributed by atoms with Crippen molar-refractivity contribution in [2.45, 2.75) is 32.7 Å². The van der Waals surface area contributed by atoms with Gasteiger partial charge in [-0.3, -0.25) is 0 Å². The van der Waals surface area contributed by atoms with Crippen LogP contribution in [0.15, 0.2) is 22.7 Å². The molecule has 0 spiro atoms. The van der Waals surface area contributed by atoms with Crippen molar-refractivity contribution in [1.82, 2.24) is 5.32 Å². The summed E-state index contributed by atoms with van der Waals surface area (Å²) in [4.78, 5) is 2.36. The van der Waals surface area contributed by atoms with E-state index in [2.05, 4.69) is 52.1 Å². The third kappa shape index (κ3) is 3.74. The predicted octanol–water partition coefficient (Wildman–Crippen LogP) is 3.54. The summed E-state index contributed by atoms with van der Waals surface area (Å²) >= 11 is 3.44. The fourth-order valence-electron chi connectivity index (χ4n) is 2.79. The van der Waals surface area contributed by atoms with Gasteiger partial charge in [-0.25, -0.2) is 0 Å². The minimum atomic E-state index is 0.394. The lowest BCUT2D eigenvalue weighted by molar-refractivity contribution is 0.371. The SMILES string of the molecule is CC(C)N(CC1CCCNC1)c1ccc(Br)cc1C#N. The van der Waals surface area contributed by atoms with Gasteiger partial charge in [0.15, 0.2) is 0 Å². The van der Waals surface area contributed by atoms with E-state index in [-0.39, 0.29) is 0 Å². The van der Waals surface area contributed by atoms with Crippen molar-refractivity contribution >= 4 is 21.6 Å². The summed E-state index contributed by atoms with van der Waals surface area (Å²) in [5.74, 6) is 0.668. The second-order valence-electron chi connectivity index (χ2n) is 5.73. The van der Waals surface area contributed by atoms with Crippen molar-refractivity contribution in [3.63, 3.8) is 0 Å². The minimum Gasteiger partial charge on any atom is -0.368 e. The molecule has 1 saturated heterocycles. The summed E-state index contributed by atoms with van der Waals surface area (Å²) in [5.41, 5.74) is 1.80. The van der Waals surface area contributed by atoms with E-state index in [1.54, 1.807) is 0 Å². The monoisotopic (exact) mass is 335 g/mol. The summed E-state index contributed by atoms with van der Waals surface area (Å²) in [6.07, 6.45) is 2.52. The van der Waals surface area contributed by atoms with Crippen molar-refractivity contribution in [3.8, 4) is 6.07 Å². The van der Waals surface area contributed by atoms with Gasteiger partial charge in [0.05, 0.1) is 11.3 Å². The largest absolute Gasteiger partial charge is 0.368 e. The highest BCUT2D eigenvalue weighted by molar-refractivity contribution is 9.10. The van der Waals surface area contributed by atoms with E-state index in [0.29, 0.717) is 12.0 Å². The first kappa shape index (κ1) is 15.3. The summed E-state index contributed by atoms with van der Waals surface area (Å²) < 4.78 is 0.959. The zero-order valence-electron chi connectivity index (χ0n) is 12.2. The fourth-order valence-corrected chi connectivity index (χ4v) is 3.15. The van der Waals surface area contributed by atoms with Crippen LogP contribution in [0.25, 0.3) is 0 Å². The van der Waals surface area contributed by atoms with Crippen LogP contribution in [0.5, 0.6) is 0 Å². The molecule has 0 bridgehead atoms. The molecule has 0 aliphatic carbocycles. The molecule has 1 aliphatic rings. The van der Waals surface area contributed by atoms with E-state index < -0.39 is 0 Å². The van der Waals surface area contributed by atoms with Gasteiger partial charge in [0.1, 0.15) is 6.07 Å². The zero-order valence-corrected chi connectivity index (χ0v) is 13.8. The molecule has 4 heteroatoms. The van der Waals surface area contributed by atoms with Gasteiger partial charge in [-0.2, -0.15) is 5.26 Å². The first-order valence-electron chi connectivity index (χ1n) is 7.29. The maximum Gasteiger partial charge on any atom is 0.101 e. The van der Waals surface area contributed by atoms with Crippen molar-refractivity contribution in [2.24, 2.45) is 5.92 Å². The molecule has 1 atom stereocenters. The van der Waals surface area contributed by atoms with Gasteiger partial charge in [-0.05, 0) is 63.9 Å². The van der Waals surface area contributed by atoms with Crippen LogP contribution in [0.4, 0.5) is 5.69 Å². The highest BCUT2D eigenvalue weighted by Crippen LogP contribution is 2.27. The third-order valence-corrected chi connectivity index (χ3v) is 4.36. The Morgan fingerprint density at radius 1 is 1.50 bits per heavy atom. The zero-order chi connectivity index (χ0) is 14.5. The molecule has 1 aromatic carbocycles. The normalized spacial score (nSPS) is 18.9. The Morgan fingerprint density at radius 3 is 2.90 bits per heavy atom. The summed E-state index contributed by atoms with van der Waals surface area (Å²) in [6, 6.07) is 8.69. The summed E-state index contributed by atoms with van der Waals surface area (Å²) in [5, 5.41) is 12.8. The van der Waals surface area contributed by atoms with Crippen LogP contribution in [-0.2, 0) is 0 Å². The smallest absolute Gasteiger partial charge is 0.101 e. The van der Waals surface area contributed by atoms with E-state index in [1.165, 1.54) is 12.8 Å². The molecule has 1 heterocycles. The van der Waals surface area contributed by atoms with Gasteiger partial charge in [0.2, 0.25) is 0 Å². The van der Waals surface area contributed by atoms with Gasteiger partial charge in [0, 0.05) is 17.1 Å². The first-order chi connectivity index (χ1) is 9.61. The van der Waals surface area contributed by atoms with Crippen molar-refractivity contribution in [2.75, 3.05) is 24.5 Å². The molecule has 1 unspecified atom stereocenters. The molecule has 1 N–H and O–H groups in total. The van der Waals surface area contributed by atoms with E-state index in [0.717, 1.165) is 35.4 Å². The Balaban J connectivity index is 2.22. The van der Waals surface area contributed by atoms with Crippen LogP contribution >= 0.6 is 15.9 Å². The molecule has 1 fully saturated rings. The molecule has 0 saturated carbocycles. The van der Waals surface area contributed by atoms with Crippen molar-refractivity contribution in [3.05, 3.63) is 28.2 Å².